The summed E-state index contributed by atoms with van der Waals surface area (Å²) in [5.74, 6) is 0.895. The highest BCUT2D eigenvalue weighted by atomic mass is 127. The first-order valence-electron chi connectivity index (χ1n) is 8.92. The average Bonchev–Trinajstić information content (AvgIpc) is 2.64. The molecule has 0 unspecified atom stereocenters. The number of sulfone groups is 1. The monoisotopic (exact) mass is 535 g/mol. The van der Waals surface area contributed by atoms with Gasteiger partial charge in [-0.2, -0.15) is 0 Å². The molecule has 0 saturated carbocycles. The first kappa shape index (κ1) is 24.7. The molecule has 0 spiro atoms. The van der Waals surface area contributed by atoms with Gasteiger partial charge in [0.25, 0.3) is 0 Å². The second-order valence-electron chi connectivity index (χ2n) is 6.24. The molecule has 0 bridgehead atoms. The minimum Gasteiger partial charge on any atom is -0.356 e. The zero-order valence-electron chi connectivity index (χ0n) is 15.9. The lowest BCUT2D eigenvalue weighted by Crippen LogP contribution is -2.39. The van der Waals surface area contributed by atoms with Crippen LogP contribution < -0.4 is 10.6 Å². The van der Waals surface area contributed by atoms with Gasteiger partial charge in [-0.25, -0.2) is 8.42 Å². The minimum atomic E-state index is -3.11. The van der Waals surface area contributed by atoms with Crippen LogP contribution in [0.3, 0.4) is 0 Å². The van der Waals surface area contributed by atoms with Crippen LogP contribution in [0.4, 0.5) is 0 Å². The summed E-state index contributed by atoms with van der Waals surface area (Å²) >= 11 is 5.98. The third-order valence-corrected chi connectivity index (χ3v) is 5.89. The predicted molar refractivity (Wildman–Crippen MR) is 128 cm³/mol. The minimum absolute atomic E-state index is 0. The number of hydrogen-bond acceptors (Lipinski definition) is 3. The zero-order valence-corrected chi connectivity index (χ0v) is 19.8. The number of aliphatic imine (C=N–C) groups is 1. The molecule has 2 aromatic carbocycles. The second kappa shape index (κ2) is 13.0. The van der Waals surface area contributed by atoms with E-state index in [2.05, 4.69) is 15.6 Å². The molecule has 0 fully saturated rings. The standard InChI is InChI=1S/C20H26ClN3O2S.HI/c1-22-20(24-13-11-17-9-5-10-19(21)15-17)23-12-6-14-27(25,26)16-18-7-3-2-4-8-18;/h2-5,7-10,15H,6,11-14,16H2,1H3,(H2,22,23,24);1H. The van der Waals surface area contributed by atoms with Crippen molar-refractivity contribution in [2.75, 3.05) is 25.9 Å². The molecule has 5 nitrogen and oxygen atoms in total. The number of benzene rings is 2. The Kier molecular flexibility index (Phi) is 11.5. The molecule has 0 heterocycles. The van der Waals surface area contributed by atoms with E-state index in [0.717, 1.165) is 22.6 Å². The Morgan fingerprint density at radius 3 is 2.36 bits per heavy atom. The van der Waals surface area contributed by atoms with E-state index in [-0.39, 0.29) is 35.5 Å². The second-order valence-corrected chi connectivity index (χ2v) is 8.86. The summed E-state index contributed by atoms with van der Waals surface area (Å²) in [6, 6.07) is 17.0. The van der Waals surface area contributed by atoms with Crippen LogP contribution in [0.1, 0.15) is 17.5 Å². The molecule has 0 aliphatic rings. The first-order chi connectivity index (χ1) is 13.0. The summed E-state index contributed by atoms with van der Waals surface area (Å²) in [5.41, 5.74) is 1.97. The molecule has 28 heavy (non-hydrogen) atoms. The molecule has 2 rings (SSSR count). The summed E-state index contributed by atoms with van der Waals surface area (Å²) in [5, 5.41) is 7.10. The Balaban J connectivity index is 0.00000392. The molecule has 0 aromatic heterocycles. The number of rotatable bonds is 9. The molecule has 8 heteroatoms. The van der Waals surface area contributed by atoms with Crippen molar-refractivity contribution in [3.05, 3.63) is 70.7 Å². The normalized spacial score (nSPS) is 11.6. The van der Waals surface area contributed by atoms with Gasteiger partial charge in [-0.15, -0.1) is 24.0 Å². The quantitative estimate of drug-likeness (QED) is 0.222. The number of hydrogen-bond donors (Lipinski definition) is 2. The molecule has 154 valence electrons. The Morgan fingerprint density at radius 2 is 1.68 bits per heavy atom. The van der Waals surface area contributed by atoms with Crippen LogP contribution in [0.15, 0.2) is 59.6 Å². The Morgan fingerprint density at radius 1 is 1.00 bits per heavy atom. The van der Waals surface area contributed by atoms with E-state index in [1.165, 1.54) is 0 Å². The molecule has 0 saturated heterocycles. The van der Waals surface area contributed by atoms with E-state index in [9.17, 15) is 8.42 Å². The van der Waals surface area contributed by atoms with Gasteiger partial charge < -0.3 is 10.6 Å². The van der Waals surface area contributed by atoms with Crippen molar-refractivity contribution in [1.82, 2.24) is 10.6 Å². The van der Waals surface area contributed by atoms with E-state index < -0.39 is 9.84 Å². The molecule has 0 aliphatic carbocycles. The van der Waals surface area contributed by atoms with E-state index in [1.54, 1.807) is 7.05 Å². The average molecular weight is 536 g/mol. The molecule has 0 amide bonds. The van der Waals surface area contributed by atoms with Crippen LogP contribution in [-0.2, 0) is 22.0 Å². The van der Waals surface area contributed by atoms with Crippen molar-refractivity contribution >= 4 is 51.4 Å². The lowest BCUT2D eigenvalue weighted by atomic mass is 10.1. The van der Waals surface area contributed by atoms with Crippen molar-refractivity contribution in [3.63, 3.8) is 0 Å². The largest absolute Gasteiger partial charge is 0.356 e. The molecule has 2 N–H and O–H groups in total. The lowest BCUT2D eigenvalue weighted by Gasteiger charge is -2.12. The van der Waals surface area contributed by atoms with Crippen molar-refractivity contribution in [1.29, 1.82) is 0 Å². The number of guanidine groups is 1. The fourth-order valence-corrected chi connectivity index (χ4v) is 4.28. The van der Waals surface area contributed by atoms with E-state index in [1.807, 2.05) is 54.6 Å². The Labute approximate surface area is 189 Å². The molecule has 0 radical (unpaired) electrons. The summed E-state index contributed by atoms with van der Waals surface area (Å²) in [6.45, 7) is 1.26. The van der Waals surface area contributed by atoms with Crippen molar-refractivity contribution in [2.45, 2.75) is 18.6 Å². The van der Waals surface area contributed by atoms with Crippen LogP contribution in [0, 0.1) is 0 Å². The summed E-state index contributed by atoms with van der Waals surface area (Å²) < 4.78 is 24.4. The van der Waals surface area contributed by atoms with Gasteiger partial charge in [0, 0.05) is 25.2 Å². The molecular formula is C20H27ClIN3O2S. The van der Waals surface area contributed by atoms with E-state index in [0.29, 0.717) is 25.5 Å². The maximum Gasteiger partial charge on any atom is 0.190 e. The topological polar surface area (TPSA) is 70.6 Å². The maximum atomic E-state index is 12.2. The lowest BCUT2D eigenvalue weighted by molar-refractivity contribution is 0.591. The van der Waals surface area contributed by atoms with Gasteiger partial charge in [-0.05, 0) is 36.1 Å². The summed E-state index contributed by atoms with van der Waals surface area (Å²) in [6.07, 6.45) is 1.36. The highest BCUT2D eigenvalue weighted by Crippen LogP contribution is 2.10. The number of nitrogens with zero attached hydrogens (tertiary/aromatic N) is 1. The summed E-state index contributed by atoms with van der Waals surface area (Å²) in [7, 11) is -1.41. The van der Waals surface area contributed by atoms with Crippen molar-refractivity contribution in [3.8, 4) is 0 Å². The van der Waals surface area contributed by atoms with Crippen LogP contribution in [0.5, 0.6) is 0 Å². The van der Waals surface area contributed by atoms with Crippen LogP contribution in [0.2, 0.25) is 5.02 Å². The van der Waals surface area contributed by atoms with Gasteiger partial charge in [0.05, 0.1) is 11.5 Å². The fraction of sp³-hybridized carbons (Fsp3) is 0.350. The zero-order chi connectivity index (χ0) is 19.5. The number of halogens is 2. The fourth-order valence-electron chi connectivity index (χ4n) is 2.64. The van der Waals surface area contributed by atoms with Gasteiger partial charge in [0.2, 0.25) is 0 Å². The van der Waals surface area contributed by atoms with Gasteiger partial charge in [-0.3, -0.25) is 4.99 Å². The molecule has 2 aromatic rings. The van der Waals surface area contributed by atoms with Gasteiger partial charge in [0.15, 0.2) is 15.8 Å². The predicted octanol–water partition coefficient (Wildman–Crippen LogP) is 3.67. The van der Waals surface area contributed by atoms with Crippen LogP contribution in [-0.4, -0.2) is 40.3 Å². The third-order valence-electron chi connectivity index (χ3n) is 3.97. The van der Waals surface area contributed by atoms with Crippen molar-refractivity contribution in [2.24, 2.45) is 4.99 Å². The van der Waals surface area contributed by atoms with Gasteiger partial charge in [-0.1, -0.05) is 54.1 Å². The van der Waals surface area contributed by atoms with Crippen LogP contribution in [0.25, 0.3) is 0 Å². The Hall–Kier alpha value is -1.32. The number of nitrogens with one attached hydrogen (secondary N) is 2. The SMILES string of the molecule is CN=C(NCCCS(=O)(=O)Cc1ccccc1)NCCc1cccc(Cl)c1.I. The smallest absolute Gasteiger partial charge is 0.190 e. The highest BCUT2D eigenvalue weighted by molar-refractivity contribution is 14.0. The molecule has 0 atom stereocenters. The molecule has 0 aliphatic heterocycles. The van der Waals surface area contributed by atoms with Gasteiger partial charge in [0.1, 0.15) is 0 Å². The maximum absolute atomic E-state index is 12.2. The molecular weight excluding hydrogens is 509 g/mol. The summed E-state index contributed by atoms with van der Waals surface area (Å²) in [4.78, 5) is 4.16. The third kappa shape index (κ3) is 9.75. The van der Waals surface area contributed by atoms with E-state index >= 15 is 0 Å². The van der Waals surface area contributed by atoms with Crippen LogP contribution >= 0.6 is 35.6 Å². The van der Waals surface area contributed by atoms with Crippen molar-refractivity contribution < 1.29 is 8.42 Å². The van der Waals surface area contributed by atoms with Gasteiger partial charge >= 0.3 is 0 Å². The first-order valence-corrected chi connectivity index (χ1v) is 11.1. The highest BCUT2D eigenvalue weighted by Gasteiger charge is 2.11. The van der Waals surface area contributed by atoms with E-state index in [4.69, 9.17) is 11.6 Å². The Bertz CT molecular complexity index is 846.